The van der Waals surface area contributed by atoms with E-state index < -0.39 is 17.2 Å². The van der Waals surface area contributed by atoms with E-state index in [1.165, 1.54) is 6.07 Å². The summed E-state index contributed by atoms with van der Waals surface area (Å²) in [5.74, 6) is -1.40. The zero-order valence-electron chi connectivity index (χ0n) is 10.0. The third kappa shape index (κ3) is 2.49. The van der Waals surface area contributed by atoms with Gasteiger partial charge in [-0.05, 0) is 36.5 Å². The van der Waals surface area contributed by atoms with Crippen LogP contribution in [-0.2, 0) is 6.42 Å². The van der Waals surface area contributed by atoms with Gasteiger partial charge in [0, 0.05) is 6.42 Å². The lowest BCUT2D eigenvalue weighted by atomic mass is 9.83. The molecule has 1 aliphatic carbocycles. The Kier molecular flexibility index (Phi) is 3.48. The molecule has 0 amide bonds. The van der Waals surface area contributed by atoms with E-state index in [4.69, 9.17) is 0 Å². The van der Waals surface area contributed by atoms with Crippen molar-refractivity contribution in [2.24, 2.45) is 5.92 Å². The summed E-state index contributed by atoms with van der Waals surface area (Å²) in [6, 6.07) is 3.88. The highest BCUT2D eigenvalue weighted by Gasteiger charge is 2.39. The first-order chi connectivity index (χ1) is 8.05. The summed E-state index contributed by atoms with van der Waals surface area (Å²) in [6.45, 7) is 2.06. The van der Waals surface area contributed by atoms with Gasteiger partial charge in [0.2, 0.25) is 0 Å². The second kappa shape index (κ2) is 4.73. The van der Waals surface area contributed by atoms with Crippen LogP contribution in [0.15, 0.2) is 18.2 Å². The van der Waals surface area contributed by atoms with E-state index >= 15 is 0 Å². The molecule has 17 heavy (non-hydrogen) atoms. The van der Waals surface area contributed by atoms with Crippen molar-refractivity contribution in [1.29, 1.82) is 0 Å². The Labute approximate surface area is 100 Å². The van der Waals surface area contributed by atoms with Gasteiger partial charge in [-0.1, -0.05) is 25.8 Å². The largest absolute Gasteiger partial charge is 0.389 e. The lowest BCUT2D eigenvalue weighted by molar-refractivity contribution is 0.00140. The fourth-order valence-corrected chi connectivity index (χ4v) is 2.95. The molecule has 0 bridgehead atoms. The Morgan fingerprint density at radius 1 is 1.35 bits per heavy atom. The normalized spacial score (nSPS) is 28.6. The molecule has 0 aliphatic heterocycles. The summed E-state index contributed by atoms with van der Waals surface area (Å²) >= 11 is 0. The van der Waals surface area contributed by atoms with Gasteiger partial charge in [0.15, 0.2) is 11.6 Å². The summed E-state index contributed by atoms with van der Waals surface area (Å²) < 4.78 is 25.9. The number of benzene rings is 1. The average molecular weight is 240 g/mol. The van der Waals surface area contributed by atoms with Crippen LogP contribution in [0.3, 0.4) is 0 Å². The standard InChI is InChI=1S/C14H18F2O/c1-2-11-4-3-7-14(11,17)9-10-5-6-12(15)13(16)8-10/h5-6,8,11,17H,2-4,7,9H2,1H3. The lowest BCUT2D eigenvalue weighted by Gasteiger charge is -2.29. The third-order valence-corrected chi connectivity index (χ3v) is 3.91. The SMILES string of the molecule is CCC1CCCC1(O)Cc1ccc(F)c(F)c1. The summed E-state index contributed by atoms with van der Waals surface area (Å²) in [7, 11) is 0. The first kappa shape index (κ1) is 12.5. The van der Waals surface area contributed by atoms with Crippen molar-refractivity contribution in [1.82, 2.24) is 0 Å². The minimum Gasteiger partial charge on any atom is -0.389 e. The van der Waals surface area contributed by atoms with Crippen LogP contribution < -0.4 is 0 Å². The third-order valence-electron chi connectivity index (χ3n) is 3.91. The number of hydrogen-bond donors (Lipinski definition) is 1. The summed E-state index contributed by atoms with van der Waals surface area (Å²) in [5, 5.41) is 10.5. The predicted octanol–water partition coefficient (Wildman–Crippen LogP) is 3.45. The summed E-state index contributed by atoms with van der Waals surface area (Å²) in [5.41, 5.74) is -0.0642. The number of halogens is 2. The summed E-state index contributed by atoms with van der Waals surface area (Å²) in [4.78, 5) is 0. The van der Waals surface area contributed by atoms with Gasteiger partial charge >= 0.3 is 0 Å². The predicted molar refractivity (Wildman–Crippen MR) is 62.6 cm³/mol. The maximum absolute atomic E-state index is 13.1. The van der Waals surface area contributed by atoms with Gasteiger partial charge in [-0.15, -0.1) is 0 Å². The van der Waals surface area contributed by atoms with E-state index in [0.717, 1.165) is 31.7 Å². The fraction of sp³-hybridized carbons (Fsp3) is 0.571. The number of aliphatic hydroxyl groups is 1. The Bertz CT molecular complexity index is 405. The smallest absolute Gasteiger partial charge is 0.159 e. The maximum Gasteiger partial charge on any atom is 0.159 e. The highest BCUT2D eigenvalue weighted by atomic mass is 19.2. The first-order valence-corrected chi connectivity index (χ1v) is 6.21. The lowest BCUT2D eigenvalue weighted by Crippen LogP contribution is -2.35. The first-order valence-electron chi connectivity index (χ1n) is 6.21. The second-order valence-electron chi connectivity index (χ2n) is 5.03. The molecule has 1 aromatic carbocycles. The molecule has 2 atom stereocenters. The topological polar surface area (TPSA) is 20.2 Å². The van der Waals surface area contributed by atoms with Crippen molar-refractivity contribution in [3.8, 4) is 0 Å². The second-order valence-corrected chi connectivity index (χ2v) is 5.03. The molecular formula is C14H18F2O. The molecule has 2 rings (SSSR count). The Hall–Kier alpha value is -0.960. The van der Waals surface area contributed by atoms with Crippen LogP contribution in [0.5, 0.6) is 0 Å². The molecule has 1 aliphatic rings. The molecule has 0 radical (unpaired) electrons. The van der Waals surface area contributed by atoms with Gasteiger partial charge in [-0.3, -0.25) is 0 Å². The molecule has 0 saturated heterocycles. The molecular weight excluding hydrogens is 222 g/mol. The van der Waals surface area contributed by atoms with Crippen molar-refractivity contribution < 1.29 is 13.9 Å². The van der Waals surface area contributed by atoms with Gasteiger partial charge in [-0.25, -0.2) is 8.78 Å². The van der Waals surface area contributed by atoms with Crippen LogP contribution in [-0.4, -0.2) is 10.7 Å². The molecule has 1 saturated carbocycles. The van der Waals surface area contributed by atoms with E-state index in [-0.39, 0.29) is 5.92 Å². The van der Waals surface area contributed by atoms with Crippen LogP contribution in [0.4, 0.5) is 8.78 Å². The summed E-state index contributed by atoms with van der Waals surface area (Å²) in [6.07, 6.45) is 4.14. The van der Waals surface area contributed by atoms with Crippen LogP contribution in [0.25, 0.3) is 0 Å². The molecule has 1 nitrogen and oxygen atoms in total. The van der Waals surface area contributed by atoms with Crippen LogP contribution in [0.1, 0.15) is 38.2 Å². The molecule has 2 unspecified atom stereocenters. The van der Waals surface area contributed by atoms with Crippen LogP contribution in [0.2, 0.25) is 0 Å². The minimum absolute atomic E-state index is 0.274. The van der Waals surface area contributed by atoms with Crippen molar-refractivity contribution in [3.63, 3.8) is 0 Å². The van der Waals surface area contributed by atoms with Gasteiger partial charge in [-0.2, -0.15) is 0 Å². The van der Waals surface area contributed by atoms with E-state index in [9.17, 15) is 13.9 Å². The van der Waals surface area contributed by atoms with Crippen molar-refractivity contribution >= 4 is 0 Å². The highest BCUT2D eigenvalue weighted by Crippen LogP contribution is 2.40. The van der Waals surface area contributed by atoms with E-state index in [1.807, 2.05) is 0 Å². The zero-order chi connectivity index (χ0) is 12.5. The number of hydrogen-bond acceptors (Lipinski definition) is 1. The van der Waals surface area contributed by atoms with Gasteiger partial charge in [0.05, 0.1) is 5.60 Å². The number of rotatable bonds is 3. The van der Waals surface area contributed by atoms with Gasteiger partial charge in [0.1, 0.15) is 0 Å². The van der Waals surface area contributed by atoms with Crippen molar-refractivity contribution in [2.75, 3.05) is 0 Å². The van der Waals surface area contributed by atoms with E-state index in [1.54, 1.807) is 6.07 Å². The van der Waals surface area contributed by atoms with Crippen molar-refractivity contribution in [3.05, 3.63) is 35.4 Å². The monoisotopic (exact) mass is 240 g/mol. The van der Waals surface area contributed by atoms with Gasteiger partial charge < -0.3 is 5.11 Å². The molecule has 1 fully saturated rings. The molecule has 0 spiro atoms. The quantitative estimate of drug-likeness (QED) is 0.858. The molecule has 1 aromatic rings. The highest BCUT2D eigenvalue weighted by molar-refractivity contribution is 5.20. The maximum atomic E-state index is 13.1. The molecule has 0 heterocycles. The Morgan fingerprint density at radius 2 is 2.12 bits per heavy atom. The van der Waals surface area contributed by atoms with Crippen LogP contribution in [0, 0.1) is 17.6 Å². The molecule has 3 heteroatoms. The van der Waals surface area contributed by atoms with E-state index in [0.29, 0.717) is 12.0 Å². The molecule has 0 aromatic heterocycles. The molecule has 1 N–H and O–H groups in total. The average Bonchev–Trinajstić information content (AvgIpc) is 2.65. The van der Waals surface area contributed by atoms with Gasteiger partial charge in [0.25, 0.3) is 0 Å². The van der Waals surface area contributed by atoms with E-state index in [2.05, 4.69) is 6.92 Å². The minimum atomic E-state index is -0.836. The Morgan fingerprint density at radius 3 is 2.76 bits per heavy atom. The molecule has 94 valence electrons. The Balaban J connectivity index is 2.16. The zero-order valence-corrected chi connectivity index (χ0v) is 10.0. The fourth-order valence-electron chi connectivity index (χ4n) is 2.95. The van der Waals surface area contributed by atoms with Crippen LogP contribution >= 0.6 is 0 Å². The van der Waals surface area contributed by atoms with Crippen molar-refractivity contribution in [2.45, 2.75) is 44.6 Å².